The van der Waals surface area contributed by atoms with Crippen molar-refractivity contribution in [2.24, 2.45) is 52.8 Å². The molecule has 0 heterocycles. The standard InChI is InChI=1S/C27H46O3/c1-4-18-15-23-21(20-8-6-5-7-19(28)16-22(18)20)13-14-27(3)24(10-11-25(23)27)17(2)9-12-26(29)30/h17-25,28H,4-16H2,1-3H3,(H,29,30)/t17-,18+,19-,20+,21?,22+,23?,24-,25?,27?/m1/s1. The van der Waals surface area contributed by atoms with E-state index in [2.05, 4.69) is 20.8 Å². The maximum atomic E-state index is 11.1. The molecule has 172 valence electrons. The van der Waals surface area contributed by atoms with E-state index in [9.17, 15) is 9.90 Å². The minimum absolute atomic E-state index is 0.0665. The number of carboxylic acids is 1. The highest BCUT2D eigenvalue weighted by Crippen LogP contribution is 2.66. The van der Waals surface area contributed by atoms with Crippen molar-refractivity contribution in [1.29, 1.82) is 0 Å². The van der Waals surface area contributed by atoms with Crippen molar-refractivity contribution in [3.8, 4) is 0 Å². The van der Waals surface area contributed by atoms with Gasteiger partial charge in [-0.1, -0.05) is 40.0 Å². The number of aliphatic hydroxyl groups excluding tert-OH is 1. The number of aliphatic carboxylic acids is 1. The van der Waals surface area contributed by atoms with E-state index in [1.165, 1.54) is 57.8 Å². The first-order valence-corrected chi connectivity index (χ1v) is 13.2. The van der Waals surface area contributed by atoms with Gasteiger partial charge in [0.15, 0.2) is 0 Å². The Hall–Kier alpha value is -0.570. The fourth-order valence-electron chi connectivity index (χ4n) is 9.36. The van der Waals surface area contributed by atoms with E-state index in [1.807, 2.05) is 0 Å². The fraction of sp³-hybridized carbons (Fsp3) is 0.963. The molecule has 0 saturated heterocycles. The molecule has 0 aromatic heterocycles. The summed E-state index contributed by atoms with van der Waals surface area (Å²) in [5, 5.41) is 19.8. The zero-order valence-electron chi connectivity index (χ0n) is 19.7. The Morgan fingerprint density at radius 3 is 2.47 bits per heavy atom. The highest BCUT2D eigenvalue weighted by molar-refractivity contribution is 5.66. The lowest BCUT2D eigenvalue weighted by Gasteiger charge is -2.58. The van der Waals surface area contributed by atoms with Crippen molar-refractivity contribution in [2.75, 3.05) is 0 Å². The predicted octanol–water partition coefficient (Wildman–Crippen LogP) is 6.53. The first-order chi connectivity index (χ1) is 14.3. The van der Waals surface area contributed by atoms with Crippen molar-refractivity contribution in [2.45, 2.75) is 110 Å². The largest absolute Gasteiger partial charge is 0.481 e. The lowest BCUT2D eigenvalue weighted by Crippen LogP contribution is -2.51. The molecule has 4 fully saturated rings. The van der Waals surface area contributed by atoms with Crippen LogP contribution in [-0.4, -0.2) is 22.3 Å². The smallest absolute Gasteiger partial charge is 0.303 e. The van der Waals surface area contributed by atoms with Crippen LogP contribution >= 0.6 is 0 Å². The fourth-order valence-corrected chi connectivity index (χ4v) is 9.36. The summed E-state index contributed by atoms with van der Waals surface area (Å²) in [4.78, 5) is 11.1. The maximum Gasteiger partial charge on any atom is 0.303 e. The first-order valence-electron chi connectivity index (χ1n) is 13.2. The molecule has 4 rings (SSSR count). The van der Waals surface area contributed by atoms with Gasteiger partial charge in [-0.25, -0.2) is 0 Å². The molecule has 3 nitrogen and oxygen atoms in total. The van der Waals surface area contributed by atoms with E-state index in [4.69, 9.17) is 5.11 Å². The van der Waals surface area contributed by atoms with Gasteiger partial charge >= 0.3 is 5.97 Å². The topological polar surface area (TPSA) is 57.5 Å². The monoisotopic (exact) mass is 418 g/mol. The molecule has 2 N–H and O–H groups in total. The molecule has 0 radical (unpaired) electrons. The van der Waals surface area contributed by atoms with Crippen molar-refractivity contribution < 1.29 is 15.0 Å². The summed E-state index contributed by atoms with van der Waals surface area (Å²) >= 11 is 0. The van der Waals surface area contributed by atoms with Gasteiger partial charge in [0.25, 0.3) is 0 Å². The average Bonchev–Trinajstić information content (AvgIpc) is 3.05. The second-order valence-electron chi connectivity index (χ2n) is 12.0. The van der Waals surface area contributed by atoms with Crippen molar-refractivity contribution in [1.82, 2.24) is 0 Å². The second kappa shape index (κ2) is 9.12. The second-order valence-corrected chi connectivity index (χ2v) is 12.0. The van der Waals surface area contributed by atoms with Gasteiger partial charge in [0.1, 0.15) is 0 Å². The molecule has 0 bridgehead atoms. The summed E-state index contributed by atoms with van der Waals surface area (Å²) < 4.78 is 0. The van der Waals surface area contributed by atoms with E-state index in [0.29, 0.717) is 23.7 Å². The van der Waals surface area contributed by atoms with E-state index < -0.39 is 5.97 Å². The van der Waals surface area contributed by atoms with Crippen LogP contribution in [0.1, 0.15) is 104 Å². The molecule has 0 aliphatic heterocycles. The quantitative estimate of drug-likeness (QED) is 0.533. The minimum Gasteiger partial charge on any atom is -0.481 e. The van der Waals surface area contributed by atoms with Gasteiger partial charge in [0.05, 0.1) is 6.10 Å². The van der Waals surface area contributed by atoms with Crippen LogP contribution in [0.25, 0.3) is 0 Å². The molecule has 3 heteroatoms. The molecule has 0 aromatic rings. The van der Waals surface area contributed by atoms with Crippen LogP contribution in [0.15, 0.2) is 0 Å². The van der Waals surface area contributed by atoms with Crippen molar-refractivity contribution in [3.63, 3.8) is 0 Å². The van der Waals surface area contributed by atoms with Gasteiger partial charge in [0, 0.05) is 6.42 Å². The maximum absolute atomic E-state index is 11.1. The Balaban J connectivity index is 1.53. The van der Waals surface area contributed by atoms with Gasteiger partial charge in [0.2, 0.25) is 0 Å². The van der Waals surface area contributed by atoms with Crippen LogP contribution in [0.3, 0.4) is 0 Å². The Kier molecular flexibility index (Phi) is 6.88. The molecule has 4 aliphatic rings. The summed E-state index contributed by atoms with van der Waals surface area (Å²) in [5.41, 5.74) is 0.422. The van der Waals surface area contributed by atoms with Crippen LogP contribution in [0.2, 0.25) is 0 Å². The van der Waals surface area contributed by atoms with Gasteiger partial charge in [-0.2, -0.15) is 0 Å². The Morgan fingerprint density at radius 2 is 1.73 bits per heavy atom. The van der Waals surface area contributed by atoms with E-state index >= 15 is 0 Å². The third kappa shape index (κ3) is 4.09. The summed E-state index contributed by atoms with van der Waals surface area (Å²) in [6, 6.07) is 0. The summed E-state index contributed by atoms with van der Waals surface area (Å²) in [6.07, 6.45) is 15.2. The van der Waals surface area contributed by atoms with E-state index in [-0.39, 0.29) is 6.10 Å². The number of carboxylic acid groups (broad SMARTS) is 1. The molecule has 0 aromatic carbocycles. The molecule has 4 unspecified atom stereocenters. The van der Waals surface area contributed by atoms with Crippen LogP contribution in [-0.2, 0) is 4.79 Å². The van der Waals surface area contributed by atoms with Gasteiger partial charge in [-0.05, 0) is 111 Å². The van der Waals surface area contributed by atoms with Gasteiger partial charge in [-0.3, -0.25) is 4.79 Å². The van der Waals surface area contributed by atoms with Crippen LogP contribution in [0.5, 0.6) is 0 Å². The Labute approximate surface area is 184 Å². The highest BCUT2D eigenvalue weighted by atomic mass is 16.4. The molecule has 0 spiro atoms. The third-order valence-corrected chi connectivity index (χ3v) is 10.7. The molecule has 4 saturated carbocycles. The molecular formula is C27H46O3. The third-order valence-electron chi connectivity index (χ3n) is 10.7. The zero-order chi connectivity index (χ0) is 21.5. The Bertz CT molecular complexity index is 603. The summed E-state index contributed by atoms with van der Waals surface area (Å²) in [7, 11) is 0. The number of hydrogen-bond donors (Lipinski definition) is 2. The molecular weight excluding hydrogens is 372 g/mol. The highest BCUT2D eigenvalue weighted by Gasteiger charge is 2.58. The molecule has 10 atom stereocenters. The van der Waals surface area contributed by atoms with Crippen molar-refractivity contribution in [3.05, 3.63) is 0 Å². The van der Waals surface area contributed by atoms with Gasteiger partial charge in [-0.15, -0.1) is 0 Å². The van der Waals surface area contributed by atoms with Crippen LogP contribution in [0, 0.1) is 52.8 Å². The molecule has 4 aliphatic carbocycles. The number of aliphatic hydroxyl groups is 1. The van der Waals surface area contributed by atoms with E-state index in [1.54, 1.807) is 0 Å². The van der Waals surface area contributed by atoms with Crippen LogP contribution in [0.4, 0.5) is 0 Å². The molecule has 30 heavy (non-hydrogen) atoms. The lowest BCUT2D eigenvalue weighted by molar-refractivity contribution is -0.137. The SMILES string of the molecule is CC[C@H]1CC2C(CCC3(C)C2CC[C@@H]3[C@H](C)CCC(=O)O)[C@@H]2CCCC[C@@H](O)C[C@@H]12. The summed E-state index contributed by atoms with van der Waals surface area (Å²) in [6.45, 7) is 7.30. The Morgan fingerprint density at radius 1 is 1.00 bits per heavy atom. The average molecular weight is 419 g/mol. The zero-order valence-corrected chi connectivity index (χ0v) is 19.7. The normalized spacial score (nSPS) is 47.3. The molecule has 0 amide bonds. The lowest BCUT2D eigenvalue weighted by atomic mass is 9.47. The van der Waals surface area contributed by atoms with Gasteiger partial charge < -0.3 is 10.2 Å². The van der Waals surface area contributed by atoms with Crippen molar-refractivity contribution >= 4 is 5.97 Å². The number of hydrogen-bond acceptors (Lipinski definition) is 2. The first kappa shape index (κ1) is 22.6. The number of carbonyl (C=O) groups is 1. The number of rotatable bonds is 5. The minimum atomic E-state index is -0.638. The van der Waals surface area contributed by atoms with E-state index in [0.717, 1.165) is 54.8 Å². The van der Waals surface area contributed by atoms with Crippen LogP contribution < -0.4 is 0 Å². The number of fused-ring (bicyclic) bond motifs is 5. The summed E-state index contributed by atoms with van der Waals surface area (Å²) in [5.74, 6) is 5.61. The predicted molar refractivity (Wildman–Crippen MR) is 121 cm³/mol.